The van der Waals surface area contributed by atoms with Gasteiger partial charge in [-0.1, -0.05) is 44.9 Å². The number of carbonyl (C=O) groups is 3. The SMILES string of the molecule is CNC(=O)CCCCCCN(C)C(=O)c1ccc(N(C(=O)C(C)C)c2c(C)cccc2C)cc1. The number of aryl methyl sites for hydroxylation is 2. The molecule has 0 aromatic heterocycles. The molecule has 0 saturated heterocycles. The lowest BCUT2D eigenvalue weighted by Crippen LogP contribution is -2.31. The molecule has 0 saturated carbocycles. The van der Waals surface area contributed by atoms with E-state index in [0.717, 1.165) is 48.2 Å². The van der Waals surface area contributed by atoms with Gasteiger partial charge in [-0.25, -0.2) is 0 Å². The summed E-state index contributed by atoms with van der Waals surface area (Å²) in [5, 5.41) is 2.63. The summed E-state index contributed by atoms with van der Waals surface area (Å²) < 4.78 is 0. The van der Waals surface area contributed by atoms with Crippen molar-refractivity contribution >= 4 is 29.1 Å². The maximum absolute atomic E-state index is 13.2. The van der Waals surface area contributed by atoms with E-state index in [1.807, 2.05) is 65.1 Å². The average molecular weight is 466 g/mol. The predicted octanol–water partition coefficient (Wildman–Crippen LogP) is 5.39. The number of amides is 3. The third-order valence-electron chi connectivity index (χ3n) is 6.02. The minimum Gasteiger partial charge on any atom is -0.359 e. The van der Waals surface area contributed by atoms with E-state index in [1.54, 1.807) is 29.0 Å². The molecule has 1 N–H and O–H groups in total. The number of benzene rings is 2. The number of nitrogens with zero attached hydrogens (tertiary/aromatic N) is 2. The molecule has 0 bridgehead atoms. The van der Waals surface area contributed by atoms with Crippen molar-refractivity contribution in [2.75, 3.05) is 25.5 Å². The van der Waals surface area contributed by atoms with Gasteiger partial charge in [0.25, 0.3) is 5.91 Å². The summed E-state index contributed by atoms with van der Waals surface area (Å²) in [4.78, 5) is 40.8. The van der Waals surface area contributed by atoms with Crippen LogP contribution in [0.15, 0.2) is 42.5 Å². The first kappa shape index (κ1) is 27.1. The Labute approximate surface area is 204 Å². The molecule has 0 fully saturated rings. The summed E-state index contributed by atoms with van der Waals surface area (Å²) in [6.07, 6.45) is 4.27. The minimum absolute atomic E-state index is 0.0185. The van der Waals surface area contributed by atoms with Crippen molar-refractivity contribution in [1.29, 1.82) is 0 Å². The van der Waals surface area contributed by atoms with Crippen molar-refractivity contribution < 1.29 is 14.4 Å². The van der Waals surface area contributed by atoms with Crippen LogP contribution in [-0.2, 0) is 9.59 Å². The second kappa shape index (κ2) is 12.9. The fraction of sp³-hybridized carbons (Fsp3) is 0.464. The fourth-order valence-corrected chi connectivity index (χ4v) is 3.97. The van der Waals surface area contributed by atoms with Gasteiger partial charge in [-0.2, -0.15) is 0 Å². The molecule has 0 unspecified atom stereocenters. The van der Waals surface area contributed by atoms with Crippen LogP contribution in [0.1, 0.15) is 67.4 Å². The Morgan fingerprint density at radius 2 is 1.47 bits per heavy atom. The summed E-state index contributed by atoms with van der Waals surface area (Å²) in [5.41, 5.74) is 4.32. The monoisotopic (exact) mass is 465 g/mol. The first-order chi connectivity index (χ1) is 16.2. The van der Waals surface area contributed by atoms with Gasteiger partial charge in [-0.05, 0) is 62.1 Å². The van der Waals surface area contributed by atoms with Gasteiger partial charge in [-0.15, -0.1) is 0 Å². The van der Waals surface area contributed by atoms with Crippen molar-refractivity contribution in [3.8, 4) is 0 Å². The molecular formula is C28H39N3O3. The van der Waals surface area contributed by atoms with Gasteiger partial charge in [0, 0.05) is 44.2 Å². The molecule has 2 rings (SSSR count). The third kappa shape index (κ3) is 7.17. The smallest absolute Gasteiger partial charge is 0.253 e. The number of unbranched alkanes of at least 4 members (excludes halogenated alkanes) is 3. The Balaban J connectivity index is 2.07. The van der Waals surface area contributed by atoms with Gasteiger partial charge in [0.15, 0.2) is 0 Å². The summed E-state index contributed by atoms with van der Waals surface area (Å²) >= 11 is 0. The van der Waals surface area contributed by atoms with Crippen molar-refractivity contribution in [3.63, 3.8) is 0 Å². The highest BCUT2D eigenvalue weighted by molar-refractivity contribution is 6.03. The van der Waals surface area contributed by atoms with Crippen LogP contribution in [-0.4, -0.2) is 43.3 Å². The number of para-hydroxylation sites is 1. The zero-order chi connectivity index (χ0) is 25.3. The Morgan fingerprint density at radius 3 is 2.03 bits per heavy atom. The van der Waals surface area contributed by atoms with Gasteiger partial charge >= 0.3 is 0 Å². The Bertz CT molecular complexity index is 963. The standard InChI is InChI=1S/C28H39N3O3/c1-20(2)27(33)31(26-21(3)12-11-13-22(26)4)24-17-15-23(16-18-24)28(34)30(6)19-10-8-7-9-14-25(32)29-5/h11-13,15-18,20H,7-10,14,19H2,1-6H3,(H,29,32). The lowest BCUT2D eigenvalue weighted by molar-refractivity contribution is -0.121. The van der Waals surface area contributed by atoms with E-state index in [2.05, 4.69) is 5.32 Å². The van der Waals surface area contributed by atoms with Gasteiger partial charge in [0.05, 0.1) is 5.69 Å². The van der Waals surface area contributed by atoms with Crippen molar-refractivity contribution in [2.24, 2.45) is 5.92 Å². The number of hydrogen-bond acceptors (Lipinski definition) is 3. The topological polar surface area (TPSA) is 69.7 Å². The van der Waals surface area contributed by atoms with E-state index in [1.165, 1.54) is 0 Å². The van der Waals surface area contributed by atoms with Gasteiger partial charge in [-0.3, -0.25) is 19.3 Å². The molecule has 2 aromatic rings. The van der Waals surface area contributed by atoms with Crippen molar-refractivity contribution in [2.45, 2.75) is 59.8 Å². The molecular weight excluding hydrogens is 426 g/mol. The van der Waals surface area contributed by atoms with Crippen molar-refractivity contribution in [1.82, 2.24) is 10.2 Å². The maximum Gasteiger partial charge on any atom is 0.253 e. The molecule has 0 atom stereocenters. The molecule has 0 aliphatic heterocycles. The third-order valence-corrected chi connectivity index (χ3v) is 6.02. The first-order valence-electron chi connectivity index (χ1n) is 12.1. The van der Waals surface area contributed by atoms with Gasteiger partial charge in [0.2, 0.25) is 11.8 Å². The second-order valence-electron chi connectivity index (χ2n) is 9.18. The largest absolute Gasteiger partial charge is 0.359 e. The number of hydrogen-bond donors (Lipinski definition) is 1. The lowest BCUT2D eigenvalue weighted by Gasteiger charge is -2.28. The molecule has 34 heavy (non-hydrogen) atoms. The average Bonchev–Trinajstić information content (AvgIpc) is 2.82. The zero-order valence-electron chi connectivity index (χ0n) is 21.5. The number of nitrogens with one attached hydrogen (secondary N) is 1. The normalized spacial score (nSPS) is 10.8. The zero-order valence-corrected chi connectivity index (χ0v) is 21.5. The maximum atomic E-state index is 13.2. The summed E-state index contributed by atoms with van der Waals surface area (Å²) in [7, 11) is 3.46. The molecule has 0 spiro atoms. The molecule has 0 aliphatic rings. The molecule has 6 heteroatoms. The second-order valence-corrected chi connectivity index (χ2v) is 9.18. The molecule has 6 nitrogen and oxygen atoms in total. The van der Waals surface area contributed by atoms with E-state index in [-0.39, 0.29) is 23.6 Å². The highest BCUT2D eigenvalue weighted by Crippen LogP contribution is 2.33. The van der Waals surface area contributed by atoms with E-state index in [4.69, 9.17) is 0 Å². The Hall–Kier alpha value is -3.15. The highest BCUT2D eigenvalue weighted by atomic mass is 16.2. The van der Waals surface area contributed by atoms with E-state index in [9.17, 15) is 14.4 Å². The van der Waals surface area contributed by atoms with Gasteiger partial charge in [0.1, 0.15) is 0 Å². The number of carbonyl (C=O) groups excluding carboxylic acids is 3. The molecule has 3 amide bonds. The Kier molecular flexibility index (Phi) is 10.3. The molecule has 0 aliphatic carbocycles. The van der Waals surface area contributed by atoms with Crippen LogP contribution in [0.5, 0.6) is 0 Å². The van der Waals surface area contributed by atoms with E-state index >= 15 is 0 Å². The molecule has 184 valence electrons. The van der Waals surface area contributed by atoms with Crippen LogP contribution >= 0.6 is 0 Å². The molecule has 0 heterocycles. The van der Waals surface area contributed by atoms with Crippen LogP contribution in [0.2, 0.25) is 0 Å². The highest BCUT2D eigenvalue weighted by Gasteiger charge is 2.24. The fourth-order valence-electron chi connectivity index (χ4n) is 3.97. The summed E-state index contributed by atoms with van der Waals surface area (Å²) in [5.74, 6) is -0.111. The van der Waals surface area contributed by atoms with Crippen LogP contribution in [0, 0.1) is 19.8 Å². The van der Waals surface area contributed by atoms with Crippen molar-refractivity contribution in [3.05, 3.63) is 59.2 Å². The Morgan fingerprint density at radius 1 is 0.882 bits per heavy atom. The van der Waals surface area contributed by atoms with Crippen LogP contribution < -0.4 is 10.2 Å². The first-order valence-corrected chi connectivity index (χ1v) is 12.1. The van der Waals surface area contributed by atoms with Crippen LogP contribution in [0.25, 0.3) is 0 Å². The van der Waals surface area contributed by atoms with Crippen LogP contribution in [0.4, 0.5) is 11.4 Å². The predicted molar refractivity (Wildman–Crippen MR) is 138 cm³/mol. The van der Waals surface area contributed by atoms with E-state index in [0.29, 0.717) is 18.5 Å². The van der Waals surface area contributed by atoms with E-state index < -0.39 is 0 Å². The minimum atomic E-state index is -0.164. The lowest BCUT2D eigenvalue weighted by atomic mass is 10.0. The van der Waals surface area contributed by atoms with Crippen LogP contribution in [0.3, 0.4) is 0 Å². The quantitative estimate of drug-likeness (QED) is 0.452. The molecule has 0 radical (unpaired) electrons. The molecule has 2 aromatic carbocycles. The number of rotatable bonds is 11. The summed E-state index contributed by atoms with van der Waals surface area (Å²) in [6, 6.07) is 13.3. The van der Waals surface area contributed by atoms with Gasteiger partial charge < -0.3 is 10.2 Å². The summed E-state index contributed by atoms with van der Waals surface area (Å²) in [6.45, 7) is 8.48. The number of anilines is 2.